The number of aliphatic hydroxyl groups is 1. The van der Waals surface area contributed by atoms with Gasteiger partial charge < -0.3 is 10.4 Å². The van der Waals surface area contributed by atoms with Crippen LogP contribution in [0.3, 0.4) is 0 Å². The minimum atomic E-state index is -3.28. The second kappa shape index (κ2) is 5.98. The third-order valence-corrected chi connectivity index (χ3v) is 4.64. The average Bonchev–Trinajstić information content (AvgIpc) is 2.54. The summed E-state index contributed by atoms with van der Waals surface area (Å²) < 4.78 is 23.5. The predicted molar refractivity (Wildman–Crippen MR) is 90.5 cm³/mol. The molecule has 0 aliphatic carbocycles. The molecule has 6 heteroatoms. The van der Waals surface area contributed by atoms with Gasteiger partial charge in [-0.2, -0.15) is 0 Å². The highest BCUT2D eigenvalue weighted by atomic mass is 32.2. The molecule has 3 rings (SSSR count). The molecule has 0 fully saturated rings. The van der Waals surface area contributed by atoms with Gasteiger partial charge in [0.05, 0.1) is 17.0 Å². The maximum absolute atomic E-state index is 11.8. The molecule has 0 bridgehead atoms. The maximum atomic E-state index is 11.8. The van der Waals surface area contributed by atoms with Gasteiger partial charge in [-0.05, 0) is 42.0 Å². The molecule has 1 aromatic heterocycles. The number of fused-ring (bicyclic) bond motifs is 1. The van der Waals surface area contributed by atoms with E-state index in [0.29, 0.717) is 5.52 Å². The van der Waals surface area contributed by atoms with Crippen molar-refractivity contribution in [2.75, 3.05) is 11.6 Å². The topological polar surface area (TPSA) is 79.3 Å². The first-order valence-electron chi connectivity index (χ1n) is 7.03. The standard InChI is InChI=1S/C17H16N2O3S/c1-23(21,22)14-5-6-16-15(10-14)17(7-8-18-16)19-13-4-2-3-12(9-13)11-20/h2-10,20H,11H2,1H3,(H,18,19). The minimum Gasteiger partial charge on any atom is -0.392 e. The van der Waals surface area contributed by atoms with E-state index in [2.05, 4.69) is 10.3 Å². The molecule has 0 spiro atoms. The van der Waals surface area contributed by atoms with Crippen molar-refractivity contribution in [3.8, 4) is 0 Å². The highest BCUT2D eigenvalue weighted by molar-refractivity contribution is 7.90. The quantitative estimate of drug-likeness (QED) is 0.770. The fourth-order valence-electron chi connectivity index (χ4n) is 2.37. The van der Waals surface area contributed by atoms with Crippen LogP contribution in [0.1, 0.15) is 5.56 Å². The van der Waals surface area contributed by atoms with Gasteiger partial charge in [0.25, 0.3) is 0 Å². The fraction of sp³-hybridized carbons (Fsp3) is 0.118. The highest BCUT2D eigenvalue weighted by Crippen LogP contribution is 2.27. The Hall–Kier alpha value is -2.44. The Bertz CT molecular complexity index is 968. The molecule has 0 aliphatic rings. The Morgan fingerprint density at radius 2 is 1.96 bits per heavy atom. The minimum absolute atomic E-state index is 0.0369. The van der Waals surface area contributed by atoms with Crippen LogP contribution >= 0.6 is 0 Å². The molecule has 0 saturated heterocycles. The Labute approximate surface area is 134 Å². The second-order valence-corrected chi connectivity index (χ2v) is 7.31. The van der Waals surface area contributed by atoms with Crippen molar-refractivity contribution < 1.29 is 13.5 Å². The van der Waals surface area contributed by atoms with Crippen LogP contribution < -0.4 is 5.32 Å². The van der Waals surface area contributed by atoms with Gasteiger partial charge in [0.1, 0.15) is 0 Å². The van der Waals surface area contributed by atoms with E-state index in [1.54, 1.807) is 30.5 Å². The SMILES string of the molecule is CS(=O)(=O)c1ccc2nccc(Nc3cccc(CO)c3)c2c1. The number of aromatic nitrogens is 1. The summed E-state index contributed by atoms with van der Waals surface area (Å²) in [6, 6.07) is 14.1. The summed E-state index contributed by atoms with van der Waals surface area (Å²) in [6.45, 7) is -0.0369. The third-order valence-electron chi connectivity index (χ3n) is 3.53. The van der Waals surface area contributed by atoms with Crippen LogP contribution in [0.25, 0.3) is 10.9 Å². The largest absolute Gasteiger partial charge is 0.392 e. The molecule has 23 heavy (non-hydrogen) atoms. The van der Waals surface area contributed by atoms with Crippen LogP contribution in [-0.4, -0.2) is 24.8 Å². The molecule has 0 unspecified atom stereocenters. The van der Waals surface area contributed by atoms with E-state index in [1.807, 2.05) is 24.3 Å². The number of rotatable bonds is 4. The van der Waals surface area contributed by atoms with Crippen LogP contribution in [0.5, 0.6) is 0 Å². The molecular weight excluding hydrogens is 312 g/mol. The number of hydrogen-bond donors (Lipinski definition) is 2. The lowest BCUT2D eigenvalue weighted by Gasteiger charge is -2.11. The van der Waals surface area contributed by atoms with E-state index in [-0.39, 0.29) is 11.5 Å². The molecule has 2 N–H and O–H groups in total. The monoisotopic (exact) mass is 328 g/mol. The summed E-state index contributed by atoms with van der Waals surface area (Å²) in [5, 5.41) is 13.2. The maximum Gasteiger partial charge on any atom is 0.175 e. The third kappa shape index (κ3) is 3.33. The smallest absolute Gasteiger partial charge is 0.175 e. The van der Waals surface area contributed by atoms with E-state index in [0.717, 1.165) is 22.3 Å². The number of anilines is 2. The zero-order chi connectivity index (χ0) is 16.4. The number of nitrogens with one attached hydrogen (secondary N) is 1. The summed E-state index contributed by atoms with van der Waals surface area (Å²) in [5.41, 5.74) is 3.08. The van der Waals surface area contributed by atoms with Gasteiger partial charge in [0.15, 0.2) is 9.84 Å². The first-order chi connectivity index (χ1) is 11.0. The van der Waals surface area contributed by atoms with Gasteiger partial charge in [-0.15, -0.1) is 0 Å². The number of nitrogens with zero attached hydrogens (tertiary/aromatic N) is 1. The normalized spacial score (nSPS) is 11.6. The van der Waals surface area contributed by atoms with Gasteiger partial charge in [0, 0.05) is 29.2 Å². The van der Waals surface area contributed by atoms with Crippen LogP contribution in [0, 0.1) is 0 Å². The van der Waals surface area contributed by atoms with E-state index in [9.17, 15) is 13.5 Å². The first-order valence-corrected chi connectivity index (χ1v) is 8.92. The summed E-state index contributed by atoms with van der Waals surface area (Å²) in [5.74, 6) is 0. The number of benzene rings is 2. The summed E-state index contributed by atoms with van der Waals surface area (Å²) >= 11 is 0. The van der Waals surface area contributed by atoms with Gasteiger partial charge in [0.2, 0.25) is 0 Å². The predicted octanol–water partition coefficient (Wildman–Crippen LogP) is 2.87. The van der Waals surface area contributed by atoms with Crippen LogP contribution in [0.2, 0.25) is 0 Å². The molecule has 2 aromatic carbocycles. The molecule has 0 atom stereocenters. The van der Waals surface area contributed by atoms with E-state index in [1.165, 1.54) is 6.26 Å². The number of pyridine rings is 1. The summed E-state index contributed by atoms with van der Waals surface area (Å²) in [6.07, 6.45) is 2.85. The highest BCUT2D eigenvalue weighted by Gasteiger charge is 2.10. The van der Waals surface area contributed by atoms with Crippen LogP contribution in [0.4, 0.5) is 11.4 Å². The number of sulfone groups is 1. The first kappa shape index (κ1) is 15.5. The van der Waals surface area contributed by atoms with E-state index < -0.39 is 9.84 Å². The molecule has 118 valence electrons. The van der Waals surface area contributed by atoms with Crippen molar-refractivity contribution in [3.63, 3.8) is 0 Å². The Morgan fingerprint density at radius 3 is 2.70 bits per heavy atom. The number of aliphatic hydroxyl groups excluding tert-OH is 1. The average molecular weight is 328 g/mol. The van der Waals surface area contributed by atoms with Crippen LogP contribution in [-0.2, 0) is 16.4 Å². The molecule has 1 heterocycles. The second-order valence-electron chi connectivity index (χ2n) is 5.29. The van der Waals surface area contributed by atoms with Crippen molar-refractivity contribution in [1.82, 2.24) is 4.98 Å². The Morgan fingerprint density at radius 1 is 1.13 bits per heavy atom. The molecule has 0 radical (unpaired) electrons. The lowest BCUT2D eigenvalue weighted by atomic mass is 10.1. The lowest BCUT2D eigenvalue weighted by molar-refractivity contribution is 0.282. The van der Waals surface area contributed by atoms with Crippen LogP contribution in [0.15, 0.2) is 59.6 Å². The van der Waals surface area contributed by atoms with E-state index in [4.69, 9.17) is 0 Å². The van der Waals surface area contributed by atoms with Gasteiger partial charge in [-0.25, -0.2) is 8.42 Å². The van der Waals surface area contributed by atoms with Crippen molar-refractivity contribution in [2.45, 2.75) is 11.5 Å². The van der Waals surface area contributed by atoms with Gasteiger partial charge in [-0.1, -0.05) is 12.1 Å². The molecule has 0 saturated carbocycles. The molecule has 5 nitrogen and oxygen atoms in total. The van der Waals surface area contributed by atoms with Crippen molar-refractivity contribution in [1.29, 1.82) is 0 Å². The zero-order valence-electron chi connectivity index (χ0n) is 12.5. The van der Waals surface area contributed by atoms with Crippen molar-refractivity contribution in [3.05, 3.63) is 60.3 Å². The number of hydrogen-bond acceptors (Lipinski definition) is 5. The molecule has 0 amide bonds. The molecule has 3 aromatic rings. The van der Waals surface area contributed by atoms with Gasteiger partial charge in [-0.3, -0.25) is 4.98 Å². The van der Waals surface area contributed by atoms with E-state index >= 15 is 0 Å². The lowest BCUT2D eigenvalue weighted by Crippen LogP contribution is -1.98. The van der Waals surface area contributed by atoms with Crippen molar-refractivity contribution >= 4 is 32.1 Å². The fourth-order valence-corrected chi connectivity index (χ4v) is 3.02. The molecular formula is C17H16N2O3S. The zero-order valence-corrected chi connectivity index (χ0v) is 13.3. The molecule has 0 aliphatic heterocycles. The van der Waals surface area contributed by atoms with Gasteiger partial charge >= 0.3 is 0 Å². The summed E-state index contributed by atoms with van der Waals surface area (Å²) in [7, 11) is -3.28. The van der Waals surface area contributed by atoms with Crippen molar-refractivity contribution in [2.24, 2.45) is 0 Å². The Balaban J connectivity index is 2.09. The summed E-state index contributed by atoms with van der Waals surface area (Å²) in [4.78, 5) is 4.52. The Kier molecular flexibility index (Phi) is 4.02.